The van der Waals surface area contributed by atoms with Gasteiger partial charge in [0.2, 0.25) is 0 Å². The van der Waals surface area contributed by atoms with Gasteiger partial charge < -0.3 is 26.8 Å². The molecular weight excluding hydrogens is 464 g/mol. The maximum atomic E-state index is 12.0. The highest BCUT2D eigenvalue weighted by Crippen LogP contribution is 2.17. The van der Waals surface area contributed by atoms with Gasteiger partial charge in [-0.3, -0.25) is 4.79 Å². The van der Waals surface area contributed by atoms with E-state index in [2.05, 4.69) is 51.8 Å². The van der Waals surface area contributed by atoms with Gasteiger partial charge in [0.25, 0.3) is 10.3 Å². The molecule has 6 nitrogen and oxygen atoms in total. The fourth-order valence-corrected chi connectivity index (χ4v) is 1.97. The van der Waals surface area contributed by atoms with E-state index >= 15 is 0 Å². The summed E-state index contributed by atoms with van der Waals surface area (Å²) in [5.74, 6) is -0.233. The number of aliphatic hydroxyl groups is 3. The highest BCUT2D eigenvalue weighted by atomic mass is 79.9. The van der Waals surface area contributed by atoms with Gasteiger partial charge >= 0.3 is 0 Å². The molecule has 0 heterocycles. The summed E-state index contributed by atoms with van der Waals surface area (Å²) in [4.78, 5) is 12.0. The Morgan fingerprint density at radius 3 is 1.86 bits per heavy atom. The summed E-state index contributed by atoms with van der Waals surface area (Å²) in [5.41, 5.74) is 11.0. The maximum absolute atomic E-state index is 12.0. The number of hydrogen-bond donors (Lipinski definition) is 5. The van der Waals surface area contributed by atoms with Crippen molar-refractivity contribution in [2.75, 3.05) is 0 Å². The van der Waals surface area contributed by atoms with Crippen molar-refractivity contribution in [1.29, 1.82) is 0 Å². The van der Waals surface area contributed by atoms with Gasteiger partial charge in [-0.1, -0.05) is 59.3 Å². The molecule has 0 radical (unpaired) electrons. The second-order valence-electron chi connectivity index (χ2n) is 4.95. The van der Waals surface area contributed by atoms with Crippen molar-refractivity contribution in [2.45, 2.75) is 14.4 Å². The van der Waals surface area contributed by atoms with Gasteiger partial charge in [0.05, 0.1) is 0 Å². The second kappa shape index (κ2) is 14.6. The minimum atomic E-state index is -0.500. The van der Waals surface area contributed by atoms with Crippen LogP contribution in [0.1, 0.15) is 28.9 Å². The van der Waals surface area contributed by atoms with Crippen LogP contribution in [0, 0.1) is 6.92 Å². The molecular formula is C19H23BrN2O4S2. The van der Waals surface area contributed by atoms with E-state index in [9.17, 15) is 9.90 Å². The first kappa shape index (κ1) is 27.7. The predicted octanol–water partition coefficient (Wildman–Crippen LogP) is 4.75. The molecule has 28 heavy (non-hydrogen) atoms. The second-order valence-corrected chi connectivity index (χ2v) is 6.70. The summed E-state index contributed by atoms with van der Waals surface area (Å²) >= 11 is 11.1. The molecule has 0 bridgehead atoms. The number of halogens is 1. The van der Waals surface area contributed by atoms with E-state index in [1.807, 2.05) is 31.2 Å². The van der Waals surface area contributed by atoms with E-state index in [0.29, 0.717) is 11.1 Å². The van der Waals surface area contributed by atoms with Crippen molar-refractivity contribution in [3.8, 4) is 0 Å². The number of carbonyl (C=O) groups excluding carboxylic acids is 1. The van der Waals surface area contributed by atoms with Gasteiger partial charge in [0, 0.05) is 21.7 Å². The Hall–Kier alpha value is -2.49. The molecule has 2 aromatic carbocycles. The molecule has 0 aliphatic carbocycles. The smallest absolute Gasteiger partial charge is 0.251 e. The average molecular weight is 487 g/mol. The number of thiocarbonyl (C=S) groups is 2. The van der Waals surface area contributed by atoms with Crippen molar-refractivity contribution in [3.63, 3.8) is 0 Å². The van der Waals surface area contributed by atoms with E-state index in [0.717, 1.165) is 10.0 Å². The average Bonchev–Trinajstić information content (AvgIpc) is 2.54. The van der Waals surface area contributed by atoms with Gasteiger partial charge in [-0.05, 0) is 49.6 Å². The molecule has 0 aromatic heterocycles. The molecule has 9 heteroatoms. The van der Waals surface area contributed by atoms with E-state index < -0.39 is 10.3 Å². The molecule has 0 fully saturated rings. The van der Waals surface area contributed by atoms with Crippen LogP contribution in [0.2, 0.25) is 0 Å². The van der Waals surface area contributed by atoms with Gasteiger partial charge in [-0.2, -0.15) is 0 Å². The quantitative estimate of drug-likeness (QED) is 0.182. The third kappa shape index (κ3) is 13.7. The normalized spacial score (nSPS) is 9.43. The lowest BCUT2D eigenvalue weighted by molar-refractivity contribution is 0.104. The zero-order chi connectivity index (χ0) is 21.0. The Balaban J connectivity index is 0. The summed E-state index contributed by atoms with van der Waals surface area (Å²) in [6.07, 6.45) is 1.25. The zero-order valence-electron chi connectivity index (χ0n) is 14.3. The van der Waals surface area contributed by atoms with Crippen LogP contribution in [-0.2, 0) is 0 Å². The molecule has 2 rings (SSSR count). The van der Waals surface area contributed by atoms with Gasteiger partial charge in [0.15, 0.2) is 5.78 Å². The standard InChI is InChI=1S/C16H13BrO2.2CH3NOS.CH4/c1-11-3-2-4-13(9-11)16(19)10-15(18)12-5-7-14(17)8-6-12;2*2-1(3)4;/h2-10,18H,1H3;2*(H3,2,3,4);1H4. The zero-order valence-corrected chi connectivity index (χ0v) is 17.5. The Bertz CT molecular complexity index is 805. The highest BCUT2D eigenvalue weighted by molar-refractivity contribution is 9.10. The summed E-state index contributed by atoms with van der Waals surface area (Å²) < 4.78 is 0.925. The number of carbonyl (C=O) groups is 1. The number of benzene rings is 2. The monoisotopic (exact) mass is 486 g/mol. The van der Waals surface area contributed by atoms with Crippen LogP contribution in [0.3, 0.4) is 0 Å². The number of aryl methyl sites for hydroxylation is 1. The van der Waals surface area contributed by atoms with Crippen molar-refractivity contribution in [3.05, 3.63) is 75.8 Å². The van der Waals surface area contributed by atoms with Crippen molar-refractivity contribution < 1.29 is 20.1 Å². The molecule has 0 unspecified atom stereocenters. The summed E-state index contributed by atoms with van der Waals surface area (Å²) in [6, 6.07) is 14.4. The Kier molecular flexibility index (Phi) is 14.4. The van der Waals surface area contributed by atoms with E-state index in [4.69, 9.17) is 10.2 Å². The molecule has 152 valence electrons. The van der Waals surface area contributed by atoms with Crippen LogP contribution >= 0.6 is 40.4 Å². The van der Waals surface area contributed by atoms with Crippen LogP contribution < -0.4 is 11.5 Å². The lowest BCUT2D eigenvalue weighted by Crippen LogP contribution is -2.03. The van der Waals surface area contributed by atoms with E-state index in [1.165, 1.54) is 6.08 Å². The Labute approximate surface area is 183 Å². The lowest BCUT2D eigenvalue weighted by Gasteiger charge is -2.01. The predicted molar refractivity (Wildman–Crippen MR) is 126 cm³/mol. The largest absolute Gasteiger partial charge is 0.507 e. The fraction of sp³-hybridized carbons (Fsp3) is 0.105. The molecule has 0 atom stereocenters. The first-order valence-corrected chi connectivity index (χ1v) is 8.88. The van der Waals surface area contributed by atoms with E-state index in [1.54, 1.807) is 24.3 Å². The molecule has 0 saturated heterocycles. The fourth-order valence-electron chi connectivity index (χ4n) is 1.71. The molecule has 0 saturated carbocycles. The minimum absolute atomic E-state index is 0. The Morgan fingerprint density at radius 1 is 0.964 bits per heavy atom. The number of ketones is 1. The number of aliphatic hydroxyl groups excluding tert-OH is 3. The van der Waals surface area contributed by atoms with E-state index in [-0.39, 0.29) is 19.0 Å². The summed E-state index contributed by atoms with van der Waals surface area (Å²) in [5, 5.41) is 24.1. The minimum Gasteiger partial charge on any atom is -0.507 e. The van der Waals surface area contributed by atoms with Crippen LogP contribution in [-0.4, -0.2) is 31.5 Å². The lowest BCUT2D eigenvalue weighted by atomic mass is 10.1. The number of rotatable bonds is 3. The van der Waals surface area contributed by atoms with Crippen molar-refractivity contribution in [1.82, 2.24) is 0 Å². The number of allylic oxidation sites excluding steroid dienone is 1. The van der Waals surface area contributed by atoms with Crippen molar-refractivity contribution in [2.24, 2.45) is 11.5 Å². The van der Waals surface area contributed by atoms with Gasteiger partial charge in [-0.25, -0.2) is 0 Å². The van der Waals surface area contributed by atoms with Crippen LogP contribution in [0.4, 0.5) is 0 Å². The van der Waals surface area contributed by atoms with Gasteiger partial charge in [0.1, 0.15) is 5.76 Å². The maximum Gasteiger partial charge on any atom is 0.251 e. The molecule has 0 spiro atoms. The summed E-state index contributed by atoms with van der Waals surface area (Å²) in [6.45, 7) is 1.93. The SMILES string of the molecule is C.Cc1cccc(C(=O)C=C(O)c2ccc(Br)cc2)c1.NC(O)=S.NC(O)=S. The third-order valence-corrected chi connectivity index (χ3v) is 3.24. The van der Waals surface area contributed by atoms with Crippen LogP contribution in [0.15, 0.2) is 59.1 Å². The highest BCUT2D eigenvalue weighted by Gasteiger charge is 2.06. The Morgan fingerprint density at radius 2 is 1.43 bits per heavy atom. The molecule has 0 amide bonds. The molecule has 0 aliphatic rings. The molecule has 7 N–H and O–H groups in total. The van der Waals surface area contributed by atoms with Crippen molar-refractivity contribution >= 4 is 62.3 Å². The summed E-state index contributed by atoms with van der Waals surface area (Å²) in [7, 11) is 0. The first-order valence-electron chi connectivity index (χ1n) is 7.27. The van der Waals surface area contributed by atoms with Crippen LogP contribution in [0.5, 0.6) is 0 Å². The number of nitrogens with two attached hydrogens (primary N) is 2. The van der Waals surface area contributed by atoms with Gasteiger partial charge in [-0.15, -0.1) is 0 Å². The number of hydrogen-bond acceptors (Lipinski definition) is 4. The van der Waals surface area contributed by atoms with Crippen LogP contribution in [0.25, 0.3) is 5.76 Å². The first-order chi connectivity index (χ1) is 12.5. The topological polar surface area (TPSA) is 130 Å². The third-order valence-electron chi connectivity index (χ3n) is 2.71. The molecule has 2 aromatic rings. The molecule has 0 aliphatic heterocycles.